The van der Waals surface area contributed by atoms with Crippen molar-refractivity contribution >= 4 is 10.9 Å². The quantitative estimate of drug-likeness (QED) is 0.664. The van der Waals surface area contributed by atoms with Gasteiger partial charge in [-0.25, -0.2) is 4.98 Å². The highest BCUT2D eigenvalue weighted by Gasteiger charge is 2.20. The SMILES string of the molecule is Cc1c(CO[C@H]2CC[C@H](N)CC2)nc2ccccc2c1OCc1ccccc1. The van der Waals surface area contributed by atoms with Crippen LogP contribution in [0.25, 0.3) is 10.9 Å². The van der Waals surface area contributed by atoms with Crippen LogP contribution >= 0.6 is 0 Å². The number of hydrogen-bond acceptors (Lipinski definition) is 4. The van der Waals surface area contributed by atoms with Crippen LogP contribution in [0.15, 0.2) is 54.6 Å². The molecule has 1 saturated carbocycles. The van der Waals surface area contributed by atoms with E-state index in [4.69, 9.17) is 20.2 Å². The molecule has 4 heteroatoms. The van der Waals surface area contributed by atoms with Gasteiger partial charge in [-0.15, -0.1) is 0 Å². The fourth-order valence-electron chi connectivity index (χ4n) is 3.83. The summed E-state index contributed by atoms with van der Waals surface area (Å²) in [6, 6.07) is 18.7. The lowest BCUT2D eigenvalue weighted by Crippen LogP contribution is -2.30. The van der Waals surface area contributed by atoms with Crippen LogP contribution in [0.1, 0.15) is 42.5 Å². The molecule has 1 aromatic heterocycles. The van der Waals surface area contributed by atoms with Crippen LogP contribution in [0.4, 0.5) is 0 Å². The van der Waals surface area contributed by atoms with Crippen molar-refractivity contribution in [2.45, 2.75) is 58.0 Å². The molecule has 4 rings (SSSR count). The number of benzene rings is 2. The van der Waals surface area contributed by atoms with Gasteiger partial charge in [0, 0.05) is 17.0 Å². The monoisotopic (exact) mass is 376 g/mol. The van der Waals surface area contributed by atoms with Crippen molar-refractivity contribution in [3.63, 3.8) is 0 Å². The lowest BCUT2D eigenvalue weighted by molar-refractivity contribution is 0.0120. The Balaban J connectivity index is 1.56. The third-order valence-corrected chi connectivity index (χ3v) is 5.58. The van der Waals surface area contributed by atoms with Crippen molar-refractivity contribution in [1.29, 1.82) is 0 Å². The highest BCUT2D eigenvalue weighted by Crippen LogP contribution is 2.32. The largest absolute Gasteiger partial charge is 0.488 e. The molecule has 1 aliphatic carbocycles. The molecular formula is C24H28N2O2. The normalized spacial score (nSPS) is 19.6. The van der Waals surface area contributed by atoms with Crippen LogP contribution in [-0.2, 0) is 18.0 Å². The molecule has 0 aliphatic heterocycles. The number of ether oxygens (including phenoxy) is 2. The Morgan fingerprint density at radius 3 is 2.43 bits per heavy atom. The van der Waals surface area contributed by atoms with E-state index in [1.54, 1.807) is 0 Å². The van der Waals surface area contributed by atoms with Gasteiger partial charge in [0.15, 0.2) is 0 Å². The lowest BCUT2D eigenvalue weighted by atomic mass is 9.94. The maximum absolute atomic E-state index is 6.27. The predicted molar refractivity (Wildman–Crippen MR) is 112 cm³/mol. The van der Waals surface area contributed by atoms with Crippen molar-refractivity contribution in [3.05, 3.63) is 71.4 Å². The third kappa shape index (κ3) is 4.34. The van der Waals surface area contributed by atoms with Gasteiger partial charge >= 0.3 is 0 Å². The maximum atomic E-state index is 6.27. The third-order valence-electron chi connectivity index (χ3n) is 5.58. The van der Waals surface area contributed by atoms with Gasteiger partial charge in [-0.05, 0) is 50.3 Å². The van der Waals surface area contributed by atoms with E-state index >= 15 is 0 Å². The standard InChI is InChI=1S/C24H28N2O2/c1-17-23(16-27-20-13-11-19(25)12-14-20)26-22-10-6-5-9-21(22)24(17)28-15-18-7-3-2-4-8-18/h2-10,19-20H,11-16,25H2,1H3/t19-,20-. The van der Waals surface area contributed by atoms with E-state index in [0.29, 0.717) is 19.3 Å². The van der Waals surface area contributed by atoms with Crippen LogP contribution in [0.2, 0.25) is 0 Å². The van der Waals surface area contributed by atoms with Crippen molar-refractivity contribution in [3.8, 4) is 5.75 Å². The van der Waals surface area contributed by atoms with E-state index in [-0.39, 0.29) is 6.10 Å². The summed E-state index contributed by atoms with van der Waals surface area (Å²) in [7, 11) is 0. The minimum atomic E-state index is 0.279. The summed E-state index contributed by atoms with van der Waals surface area (Å²) in [4.78, 5) is 4.86. The minimum Gasteiger partial charge on any atom is -0.488 e. The Morgan fingerprint density at radius 2 is 1.64 bits per heavy atom. The van der Waals surface area contributed by atoms with E-state index in [1.807, 2.05) is 36.4 Å². The van der Waals surface area contributed by atoms with Gasteiger partial charge in [0.25, 0.3) is 0 Å². The zero-order valence-corrected chi connectivity index (χ0v) is 16.4. The predicted octanol–water partition coefficient (Wildman–Crippen LogP) is 4.91. The molecule has 0 saturated heterocycles. The second-order valence-corrected chi connectivity index (χ2v) is 7.65. The summed E-state index contributed by atoms with van der Waals surface area (Å²) in [5.74, 6) is 0.902. The van der Waals surface area contributed by atoms with Crippen molar-refractivity contribution < 1.29 is 9.47 Å². The van der Waals surface area contributed by atoms with Crippen LogP contribution in [0.5, 0.6) is 5.75 Å². The van der Waals surface area contributed by atoms with Gasteiger partial charge in [-0.1, -0.05) is 42.5 Å². The van der Waals surface area contributed by atoms with Crippen LogP contribution in [0.3, 0.4) is 0 Å². The van der Waals surface area contributed by atoms with E-state index in [2.05, 4.69) is 25.1 Å². The summed E-state index contributed by atoms with van der Waals surface area (Å²) in [6.45, 7) is 3.13. The molecular weight excluding hydrogens is 348 g/mol. The fraction of sp³-hybridized carbons (Fsp3) is 0.375. The zero-order valence-electron chi connectivity index (χ0n) is 16.4. The first-order chi connectivity index (χ1) is 13.7. The number of nitrogens with two attached hydrogens (primary N) is 1. The number of nitrogens with zero attached hydrogens (tertiary/aromatic N) is 1. The summed E-state index contributed by atoms with van der Waals surface area (Å²) in [5, 5.41) is 1.04. The van der Waals surface area contributed by atoms with Crippen LogP contribution in [0, 0.1) is 6.92 Å². The van der Waals surface area contributed by atoms with E-state index < -0.39 is 0 Å². The maximum Gasteiger partial charge on any atom is 0.134 e. The van der Waals surface area contributed by atoms with Gasteiger partial charge in [-0.2, -0.15) is 0 Å². The molecule has 0 atom stereocenters. The number of rotatable bonds is 6. The Labute approximate surface area is 166 Å². The summed E-state index contributed by atoms with van der Waals surface area (Å²) >= 11 is 0. The highest BCUT2D eigenvalue weighted by molar-refractivity contribution is 5.86. The van der Waals surface area contributed by atoms with Crippen LogP contribution < -0.4 is 10.5 Å². The molecule has 1 fully saturated rings. The number of para-hydroxylation sites is 1. The van der Waals surface area contributed by atoms with E-state index in [0.717, 1.165) is 59.2 Å². The van der Waals surface area contributed by atoms with Crippen LogP contribution in [-0.4, -0.2) is 17.1 Å². The molecule has 4 nitrogen and oxygen atoms in total. The Hall–Kier alpha value is -2.43. The van der Waals surface area contributed by atoms with E-state index in [1.165, 1.54) is 0 Å². The average molecular weight is 377 g/mol. The Bertz CT molecular complexity index is 919. The molecule has 0 radical (unpaired) electrons. The molecule has 1 aliphatic rings. The highest BCUT2D eigenvalue weighted by atomic mass is 16.5. The second kappa shape index (κ2) is 8.72. The Morgan fingerprint density at radius 1 is 0.929 bits per heavy atom. The minimum absolute atomic E-state index is 0.279. The number of pyridine rings is 1. The molecule has 1 heterocycles. The number of hydrogen-bond donors (Lipinski definition) is 1. The molecule has 2 aromatic carbocycles. The first kappa shape index (κ1) is 18.9. The van der Waals surface area contributed by atoms with Gasteiger partial charge in [0.05, 0.1) is 23.9 Å². The molecule has 146 valence electrons. The molecule has 0 amide bonds. The number of fused-ring (bicyclic) bond motifs is 1. The van der Waals surface area contributed by atoms with Crippen molar-refractivity contribution in [2.75, 3.05) is 0 Å². The first-order valence-corrected chi connectivity index (χ1v) is 10.1. The van der Waals surface area contributed by atoms with Gasteiger partial charge < -0.3 is 15.2 Å². The first-order valence-electron chi connectivity index (χ1n) is 10.1. The van der Waals surface area contributed by atoms with Gasteiger partial charge in [-0.3, -0.25) is 0 Å². The molecule has 28 heavy (non-hydrogen) atoms. The van der Waals surface area contributed by atoms with Gasteiger partial charge in [0.1, 0.15) is 12.4 Å². The van der Waals surface area contributed by atoms with Gasteiger partial charge in [0.2, 0.25) is 0 Å². The number of aromatic nitrogens is 1. The molecule has 0 unspecified atom stereocenters. The fourth-order valence-corrected chi connectivity index (χ4v) is 3.83. The molecule has 3 aromatic rings. The van der Waals surface area contributed by atoms with E-state index in [9.17, 15) is 0 Å². The molecule has 0 bridgehead atoms. The summed E-state index contributed by atoms with van der Waals surface area (Å²) in [5.41, 5.74) is 10.1. The lowest BCUT2D eigenvalue weighted by Gasteiger charge is -2.26. The average Bonchev–Trinajstić information content (AvgIpc) is 2.73. The van der Waals surface area contributed by atoms with Crippen molar-refractivity contribution in [2.24, 2.45) is 5.73 Å². The topological polar surface area (TPSA) is 57.4 Å². The summed E-state index contributed by atoms with van der Waals surface area (Å²) < 4.78 is 12.5. The van der Waals surface area contributed by atoms with Crippen molar-refractivity contribution in [1.82, 2.24) is 4.98 Å². The molecule has 2 N–H and O–H groups in total. The molecule has 0 spiro atoms. The summed E-state index contributed by atoms with van der Waals surface area (Å²) in [6.07, 6.45) is 4.43. The second-order valence-electron chi connectivity index (χ2n) is 7.65. The zero-order chi connectivity index (χ0) is 19.3. The Kier molecular flexibility index (Phi) is 5.89. The smallest absolute Gasteiger partial charge is 0.134 e.